The normalized spacial score (nSPS) is 10.2. The van der Waals surface area contributed by atoms with E-state index in [1.807, 2.05) is 24.3 Å². The van der Waals surface area contributed by atoms with E-state index in [0.717, 1.165) is 11.3 Å². The van der Waals surface area contributed by atoms with Crippen LogP contribution < -0.4 is 16.6 Å². The van der Waals surface area contributed by atoms with Crippen LogP contribution in [0.15, 0.2) is 41.5 Å². The van der Waals surface area contributed by atoms with Crippen LogP contribution in [-0.2, 0) is 13.6 Å². The van der Waals surface area contributed by atoms with Crippen LogP contribution in [0, 0.1) is 0 Å². The Morgan fingerprint density at radius 3 is 2.71 bits per heavy atom. The maximum Gasteiger partial charge on any atom is 0.293 e. The molecule has 1 heterocycles. The van der Waals surface area contributed by atoms with Crippen molar-refractivity contribution in [3.63, 3.8) is 0 Å². The van der Waals surface area contributed by atoms with Crippen molar-refractivity contribution in [2.45, 2.75) is 6.54 Å². The molecule has 17 heavy (non-hydrogen) atoms. The number of aromatic nitrogens is 2. The van der Waals surface area contributed by atoms with Crippen LogP contribution in [0.3, 0.4) is 0 Å². The van der Waals surface area contributed by atoms with E-state index in [2.05, 4.69) is 10.3 Å². The van der Waals surface area contributed by atoms with Crippen LogP contribution in [0.1, 0.15) is 5.56 Å². The molecule has 0 saturated heterocycles. The summed E-state index contributed by atoms with van der Waals surface area (Å²) >= 11 is 0. The zero-order valence-corrected chi connectivity index (χ0v) is 9.55. The Labute approximate surface area is 98.9 Å². The molecular formula is C12H14N4O. The zero-order valence-electron chi connectivity index (χ0n) is 9.55. The topological polar surface area (TPSA) is 72.9 Å². The molecule has 0 aliphatic heterocycles. The van der Waals surface area contributed by atoms with E-state index < -0.39 is 0 Å². The van der Waals surface area contributed by atoms with Crippen molar-refractivity contribution < 1.29 is 0 Å². The largest absolute Gasteiger partial charge is 0.336 e. The standard InChI is InChI=1S/C12H14N4O/c1-16-7-6-14-11(12(16)17)15-10-4-2-9(8-13)3-5-10/h2-7H,8,13H2,1H3,(H,14,15). The van der Waals surface area contributed by atoms with E-state index in [1.165, 1.54) is 4.57 Å². The minimum absolute atomic E-state index is 0.157. The molecule has 2 aromatic rings. The first kappa shape index (κ1) is 11.3. The average Bonchev–Trinajstić information content (AvgIpc) is 2.36. The Balaban J connectivity index is 2.25. The Kier molecular flexibility index (Phi) is 3.20. The first-order chi connectivity index (χ1) is 8.20. The summed E-state index contributed by atoms with van der Waals surface area (Å²) in [6.07, 6.45) is 3.20. The average molecular weight is 230 g/mol. The predicted octanol–water partition coefficient (Wildman–Crippen LogP) is 0.983. The summed E-state index contributed by atoms with van der Waals surface area (Å²) < 4.78 is 1.48. The van der Waals surface area contributed by atoms with Crippen LogP contribution in [0.5, 0.6) is 0 Å². The molecule has 5 nitrogen and oxygen atoms in total. The monoisotopic (exact) mass is 230 g/mol. The van der Waals surface area contributed by atoms with Gasteiger partial charge in [-0.1, -0.05) is 12.1 Å². The molecule has 0 aliphatic rings. The molecule has 0 radical (unpaired) electrons. The van der Waals surface area contributed by atoms with Crippen LogP contribution in [-0.4, -0.2) is 9.55 Å². The second-order valence-electron chi connectivity index (χ2n) is 3.72. The van der Waals surface area contributed by atoms with Crippen molar-refractivity contribution in [1.29, 1.82) is 0 Å². The van der Waals surface area contributed by atoms with Gasteiger partial charge in [-0.3, -0.25) is 4.79 Å². The van der Waals surface area contributed by atoms with Crippen molar-refractivity contribution in [2.24, 2.45) is 12.8 Å². The highest BCUT2D eigenvalue weighted by molar-refractivity contribution is 5.55. The number of nitrogens with two attached hydrogens (primary N) is 1. The number of aryl methyl sites for hydroxylation is 1. The van der Waals surface area contributed by atoms with Crippen LogP contribution in [0.2, 0.25) is 0 Å². The third-order valence-electron chi connectivity index (χ3n) is 2.47. The molecule has 0 aliphatic carbocycles. The van der Waals surface area contributed by atoms with Crippen molar-refractivity contribution in [3.8, 4) is 0 Å². The second-order valence-corrected chi connectivity index (χ2v) is 3.72. The Morgan fingerprint density at radius 1 is 1.35 bits per heavy atom. The van der Waals surface area contributed by atoms with Crippen molar-refractivity contribution in [3.05, 3.63) is 52.6 Å². The zero-order chi connectivity index (χ0) is 12.3. The van der Waals surface area contributed by atoms with Crippen molar-refractivity contribution in [1.82, 2.24) is 9.55 Å². The highest BCUT2D eigenvalue weighted by Gasteiger charge is 2.02. The number of nitrogens with one attached hydrogen (secondary N) is 1. The van der Waals surface area contributed by atoms with E-state index in [4.69, 9.17) is 5.73 Å². The molecule has 3 N–H and O–H groups in total. The highest BCUT2D eigenvalue weighted by Crippen LogP contribution is 2.12. The van der Waals surface area contributed by atoms with Gasteiger partial charge in [-0.2, -0.15) is 0 Å². The molecule has 0 spiro atoms. The Morgan fingerprint density at radius 2 is 2.06 bits per heavy atom. The molecule has 1 aromatic carbocycles. The molecule has 0 fully saturated rings. The number of anilines is 2. The summed E-state index contributed by atoms with van der Waals surface area (Å²) in [5, 5.41) is 2.98. The van der Waals surface area contributed by atoms with Gasteiger partial charge in [0, 0.05) is 31.7 Å². The summed E-state index contributed by atoms with van der Waals surface area (Å²) in [7, 11) is 1.69. The number of hydrogen-bond donors (Lipinski definition) is 2. The second kappa shape index (κ2) is 4.80. The molecule has 1 aromatic heterocycles. The van der Waals surface area contributed by atoms with E-state index in [0.29, 0.717) is 12.4 Å². The number of benzene rings is 1. The quantitative estimate of drug-likeness (QED) is 0.824. The molecular weight excluding hydrogens is 216 g/mol. The summed E-state index contributed by atoms with van der Waals surface area (Å²) in [6.45, 7) is 0.506. The minimum Gasteiger partial charge on any atom is -0.336 e. The molecule has 0 saturated carbocycles. The fourth-order valence-electron chi connectivity index (χ4n) is 1.44. The maximum atomic E-state index is 11.7. The van der Waals surface area contributed by atoms with Gasteiger partial charge < -0.3 is 15.6 Å². The Bertz CT molecular complexity index is 559. The van der Waals surface area contributed by atoms with Crippen LogP contribution in [0.4, 0.5) is 11.5 Å². The van der Waals surface area contributed by atoms with Gasteiger partial charge in [0.1, 0.15) is 0 Å². The van der Waals surface area contributed by atoms with Gasteiger partial charge in [0.2, 0.25) is 0 Å². The van der Waals surface area contributed by atoms with E-state index in [1.54, 1.807) is 19.4 Å². The summed E-state index contributed by atoms with van der Waals surface area (Å²) in [5.41, 5.74) is 7.22. The van der Waals surface area contributed by atoms with Crippen LogP contribution in [0.25, 0.3) is 0 Å². The molecule has 5 heteroatoms. The fourth-order valence-corrected chi connectivity index (χ4v) is 1.44. The van der Waals surface area contributed by atoms with E-state index in [9.17, 15) is 4.79 Å². The van der Waals surface area contributed by atoms with Crippen molar-refractivity contribution in [2.75, 3.05) is 5.32 Å². The lowest BCUT2D eigenvalue weighted by atomic mass is 10.2. The fraction of sp³-hybridized carbons (Fsp3) is 0.167. The first-order valence-electron chi connectivity index (χ1n) is 5.28. The van der Waals surface area contributed by atoms with E-state index in [-0.39, 0.29) is 5.56 Å². The van der Waals surface area contributed by atoms with Gasteiger partial charge in [-0.15, -0.1) is 0 Å². The molecule has 0 unspecified atom stereocenters. The summed E-state index contributed by atoms with van der Waals surface area (Å²) in [6, 6.07) is 7.57. The number of nitrogens with zero attached hydrogens (tertiary/aromatic N) is 2. The number of hydrogen-bond acceptors (Lipinski definition) is 4. The number of rotatable bonds is 3. The SMILES string of the molecule is Cn1ccnc(Nc2ccc(CN)cc2)c1=O. The predicted molar refractivity (Wildman–Crippen MR) is 67.1 cm³/mol. The smallest absolute Gasteiger partial charge is 0.293 e. The Hall–Kier alpha value is -2.14. The van der Waals surface area contributed by atoms with Crippen molar-refractivity contribution >= 4 is 11.5 Å². The van der Waals surface area contributed by atoms with Gasteiger partial charge in [-0.05, 0) is 17.7 Å². The first-order valence-corrected chi connectivity index (χ1v) is 5.28. The van der Waals surface area contributed by atoms with Gasteiger partial charge in [0.15, 0.2) is 5.82 Å². The van der Waals surface area contributed by atoms with Crippen LogP contribution >= 0.6 is 0 Å². The molecule has 88 valence electrons. The molecule has 2 rings (SSSR count). The summed E-state index contributed by atoms with van der Waals surface area (Å²) in [5.74, 6) is 0.315. The lowest BCUT2D eigenvalue weighted by molar-refractivity contribution is 0.845. The summed E-state index contributed by atoms with van der Waals surface area (Å²) in [4.78, 5) is 15.7. The van der Waals surface area contributed by atoms with E-state index >= 15 is 0 Å². The lowest BCUT2D eigenvalue weighted by Gasteiger charge is -2.06. The highest BCUT2D eigenvalue weighted by atomic mass is 16.1. The third-order valence-corrected chi connectivity index (χ3v) is 2.47. The molecule has 0 bridgehead atoms. The van der Waals surface area contributed by atoms with Gasteiger partial charge in [-0.25, -0.2) is 4.98 Å². The molecule has 0 amide bonds. The lowest BCUT2D eigenvalue weighted by Crippen LogP contribution is -2.20. The maximum absolute atomic E-state index is 11.7. The van der Waals surface area contributed by atoms with Gasteiger partial charge in [0.05, 0.1) is 0 Å². The minimum atomic E-state index is -0.157. The molecule has 0 atom stereocenters. The van der Waals surface area contributed by atoms with Gasteiger partial charge in [0.25, 0.3) is 5.56 Å². The third kappa shape index (κ3) is 2.51. The van der Waals surface area contributed by atoms with Gasteiger partial charge >= 0.3 is 0 Å².